The number of anilines is 1. The molecule has 36 heteroatoms. The van der Waals surface area contributed by atoms with Gasteiger partial charge in [-0.25, -0.2) is 0 Å². The molecule has 22 rings (SSSR count). The molecule has 1 aromatic rings. The van der Waals surface area contributed by atoms with Crippen LogP contribution in [0.5, 0.6) is 0 Å². The summed E-state index contributed by atoms with van der Waals surface area (Å²) in [5.41, 5.74) is 0.871. The summed E-state index contributed by atoms with van der Waals surface area (Å²) in [6.45, 7) is -6.17. The first kappa shape index (κ1) is 68.8. The molecule has 35 atom stereocenters. The molecule has 20 N–H and O–H groups in total. The van der Waals surface area contributed by atoms with E-state index in [1.54, 1.807) is 0 Å². The average Bonchev–Trinajstić information content (AvgIpc) is 2.53. The van der Waals surface area contributed by atoms with Crippen LogP contribution in [-0.2, 0) is 66.3 Å². The first-order valence-electron chi connectivity index (χ1n) is 27.7. The Kier molecular flexibility index (Phi) is 23.7. The molecule has 0 aliphatic carbocycles. The van der Waals surface area contributed by atoms with Gasteiger partial charge in [-0.05, 0) is 0 Å². The molecule has 21 aliphatic heterocycles. The summed E-state index contributed by atoms with van der Waals surface area (Å²) in [5.74, 6) is 0. The van der Waals surface area contributed by atoms with Crippen molar-refractivity contribution in [3.05, 3.63) is 24.3 Å². The zero-order valence-electron chi connectivity index (χ0n) is 46.0. The van der Waals surface area contributed by atoms with Gasteiger partial charge >= 0.3 is 310 Å². The van der Waals surface area contributed by atoms with Gasteiger partial charge in [-0.3, -0.25) is 0 Å². The van der Waals surface area contributed by atoms with E-state index < -0.39 is 276 Å². The SMILES string of the molecule is CN(C)c1ccc([Te]C[C@H]2O[C@@H]3O[C@H]4[C@H](O)[C@@H](O)[C@@H](O[C@H]5[C@H](O)[C@@H](O)[C@@H](O[C@H]6[C@H](O)[C@@H](O)[C@@H](O[C@H]7[C@@H](O)[C@H](O)[C@@H](O[C@H]8[C@@H](O)[C@H](O)[C@@H](O[C@H]9[C@@H](O)[C@H](O)[C@@H](O[C@H]2[C@H](O)[C@H]3O)O[C@@H]9CO)O[C@@H]8CO)O[C@@H]7CO)O[C@@H]6CO)O[C@@H]5CO)O[C@@H]4CO)cc1. The predicted molar refractivity (Wildman–Crippen MR) is 272 cm³/mol. The molecule has 0 amide bonds. The van der Waals surface area contributed by atoms with Crippen LogP contribution in [-0.4, -0.2) is 392 Å². The average molecular weight is 1370 g/mol. The Bertz CT molecular complexity index is 2240. The fourth-order valence-electron chi connectivity index (χ4n) is 11.4. The maximum atomic E-state index is 11.9. The van der Waals surface area contributed by atoms with Crippen LogP contribution >= 0.6 is 0 Å². The summed E-state index contributed by atoms with van der Waals surface area (Å²) in [6, 6.07) is 7.41. The quantitative estimate of drug-likeness (QED) is 0.0967. The van der Waals surface area contributed by atoms with Crippen molar-refractivity contribution in [2.24, 2.45) is 0 Å². The van der Waals surface area contributed by atoms with Crippen molar-refractivity contribution in [1.29, 1.82) is 0 Å². The molecule has 86 heavy (non-hydrogen) atoms. The Hall–Kier alpha value is -1.55. The molecule has 0 saturated carbocycles. The molecule has 0 aromatic heterocycles. The Morgan fingerprint density at radius 1 is 0.279 bits per heavy atom. The van der Waals surface area contributed by atoms with Crippen LogP contribution in [0.2, 0.25) is 4.47 Å². The van der Waals surface area contributed by atoms with Gasteiger partial charge < -0.3 is 84.6 Å². The monoisotopic (exact) mass is 1370 g/mol. The fraction of sp³-hybridized carbons (Fsp3) is 0.880. The number of aliphatic hydroxyl groups is 20. The molecule has 1 aromatic carbocycles. The molecular weight excluding hydrogens is 1290 g/mol. The van der Waals surface area contributed by atoms with Crippen molar-refractivity contribution < 1.29 is 168 Å². The van der Waals surface area contributed by atoms with Crippen molar-refractivity contribution in [2.45, 2.75) is 219 Å². The summed E-state index contributed by atoms with van der Waals surface area (Å²) in [7, 11) is 3.68. The standard InChI is InChI=1S/C50H79NO34Te/c1-51(2)14-3-5-15(6-4-14)86-13-22-43-29(64)36(71)50(78-22)84-42-21(12-57)76-48(34(69)27(42)62)82-40-19(10-55)74-46(32(67)25(40)60)80-38-17(8-53)72-44(30(65)23(38)58)79-37-16(7-52)73-45(31(66)24(37)59)81-39-18(9-54)75-47(33(68)26(39)61)83-41-20(11-56)77-49(85-43)35(70)28(41)63/h3-6,16-50,52-71H,7-13H2,1-2H3/t16-,17-,18-,19-,20-,21-,22-,23-,24+,25-,26+,27-,28+,29-,30-,31+,32-,33+,34-,35+,36-,37-,38-,39-,40-,41-,42-,43-,44-,45-,46-,47-,48-,49-,50-/m1/s1. The van der Waals surface area contributed by atoms with Gasteiger partial charge in [-0.1, -0.05) is 0 Å². The number of rotatable bonds is 10. The van der Waals surface area contributed by atoms with Crippen molar-refractivity contribution in [1.82, 2.24) is 0 Å². The Morgan fingerprint density at radius 3 is 0.651 bits per heavy atom. The molecule has 21 saturated heterocycles. The number of aliphatic hydroxyl groups excluding tert-OH is 20. The minimum absolute atomic E-state index is 0.0568. The van der Waals surface area contributed by atoms with E-state index in [9.17, 15) is 102 Å². The molecule has 0 radical (unpaired) electrons. The van der Waals surface area contributed by atoms with E-state index >= 15 is 0 Å². The van der Waals surface area contributed by atoms with Crippen LogP contribution in [0, 0.1) is 0 Å². The second kappa shape index (κ2) is 29.6. The third-order valence-electron chi connectivity index (χ3n) is 16.4. The Morgan fingerprint density at radius 2 is 0.465 bits per heavy atom. The third-order valence-corrected chi connectivity index (χ3v) is 19.5. The zero-order chi connectivity index (χ0) is 62.3. The van der Waals surface area contributed by atoms with Gasteiger partial charge in [0.05, 0.1) is 26.4 Å². The van der Waals surface area contributed by atoms with Gasteiger partial charge in [0.25, 0.3) is 0 Å². The molecule has 35 nitrogen and oxygen atoms in total. The van der Waals surface area contributed by atoms with Crippen LogP contribution in [0.1, 0.15) is 0 Å². The summed E-state index contributed by atoms with van der Waals surface area (Å²) in [5, 5.41) is 224. The Labute approximate surface area is 499 Å². The van der Waals surface area contributed by atoms with Crippen LogP contribution in [0.15, 0.2) is 24.3 Å². The van der Waals surface area contributed by atoms with Crippen molar-refractivity contribution in [3.63, 3.8) is 0 Å². The van der Waals surface area contributed by atoms with E-state index in [4.69, 9.17) is 66.3 Å². The van der Waals surface area contributed by atoms with E-state index in [0.717, 1.165) is 9.30 Å². The second-order valence-electron chi connectivity index (χ2n) is 22.2. The summed E-state index contributed by atoms with van der Waals surface area (Å²) >= 11 is -1.34. The fourth-order valence-corrected chi connectivity index (χ4v) is 14.1. The molecule has 21 fully saturated rings. The second-order valence-corrected chi connectivity index (χ2v) is 25.3. The minimum atomic E-state index is -2.20. The van der Waals surface area contributed by atoms with Crippen LogP contribution in [0.3, 0.4) is 0 Å². The maximum absolute atomic E-state index is 11.9. The number of nitrogens with zero attached hydrogens (tertiary/aromatic N) is 1. The number of hydrogen-bond acceptors (Lipinski definition) is 35. The van der Waals surface area contributed by atoms with Gasteiger partial charge in [-0.15, -0.1) is 0 Å². The van der Waals surface area contributed by atoms with E-state index in [1.807, 2.05) is 43.3 Å². The van der Waals surface area contributed by atoms with Gasteiger partial charge in [0.2, 0.25) is 0 Å². The van der Waals surface area contributed by atoms with E-state index in [-0.39, 0.29) is 4.47 Å². The summed E-state index contributed by atoms with van der Waals surface area (Å²) in [4.78, 5) is 1.87. The van der Waals surface area contributed by atoms with Gasteiger partial charge in [0.15, 0.2) is 18.9 Å². The van der Waals surface area contributed by atoms with E-state index in [1.165, 1.54) is 0 Å². The third kappa shape index (κ3) is 14.0. The molecule has 0 unspecified atom stereocenters. The van der Waals surface area contributed by atoms with Gasteiger partial charge in [-0.2, -0.15) is 0 Å². The first-order valence-corrected chi connectivity index (χ1v) is 30.5. The normalized spacial score (nSPS) is 50.7. The van der Waals surface area contributed by atoms with Crippen LogP contribution in [0.25, 0.3) is 0 Å². The molecule has 14 bridgehead atoms. The van der Waals surface area contributed by atoms with Crippen molar-refractivity contribution in [3.8, 4) is 0 Å². The molecular formula is C50H79NO34Te. The summed E-state index contributed by atoms with van der Waals surface area (Å²) < 4.78 is 82.8. The van der Waals surface area contributed by atoms with E-state index in [2.05, 4.69) is 0 Å². The zero-order valence-corrected chi connectivity index (χ0v) is 48.3. The van der Waals surface area contributed by atoms with Crippen molar-refractivity contribution in [2.75, 3.05) is 58.6 Å². The number of hydrogen-bond donors (Lipinski definition) is 20. The molecule has 21 aliphatic rings. The topological polar surface area (TPSA) is 537 Å². The van der Waals surface area contributed by atoms with Gasteiger partial charge in [0, 0.05) is 0 Å². The first-order chi connectivity index (χ1) is 41.0. The summed E-state index contributed by atoms with van der Waals surface area (Å²) in [6.07, 6.45) is -68.8. The van der Waals surface area contributed by atoms with Crippen LogP contribution in [0.4, 0.5) is 5.69 Å². The molecule has 0 spiro atoms. The van der Waals surface area contributed by atoms with Crippen LogP contribution < -0.4 is 8.51 Å². The number of ether oxygens (including phenoxy) is 14. The molecule has 494 valence electrons. The molecule has 21 heterocycles. The van der Waals surface area contributed by atoms with Gasteiger partial charge in [0.1, 0.15) is 61.0 Å². The Balaban J connectivity index is 1.02. The van der Waals surface area contributed by atoms with E-state index in [0.29, 0.717) is 0 Å². The predicted octanol–water partition coefficient (Wildman–Crippen LogP) is -13.7. The number of benzene rings is 1. The van der Waals surface area contributed by atoms with Crippen molar-refractivity contribution >= 4 is 30.2 Å².